The van der Waals surface area contributed by atoms with Crippen LogP contribution in [0.2, 0.25) is 0 Å². The molecule has 4 N–H and O–H groups in total. The Bertz CT molecular complexity index is 1060. The molecular weight excluding hydrogens is 446 g/mol. The number of thiophene rings is 1. The maximum absolute atomic E-state index is 12.7. The minimum absolute atomic E-state index is 0.0956. The van der Waals surface area contributed by atoms with Gasteiger partial charge in [0.1, 0.15) is 5.00 Å². The lowest BCUT2D eigenvalue weighted by Gasteiger charge is -2.33. The summed E-state index contributed by atoms with van der Waals surface area (Å²) in [7, 11) is 3.02. The predicted molar refractivity (Wildman–Crippen MR) is 131 cm³/mol. The fourth-order valence-corrected chi connectivity index (χ4v) is 5.56. The highest BCUT2D eigenvalue weighted by Gasteiger charge is 2.33. The first kappa shape index (κ1) is 24.0. The van der Waals surface area contributed by atoms with Gasteiger partial charge in [0.25, 0.3) is 11.8 Å². The molecule has 0 saturated heterocycles. The van der Waals surface area contributed by atoms with Crippen molar-refractivity contribution in [2.75, 3.05) is 19.5 Å². The highest BCUT2D eigenvalue weighted by Crippen LogP contribution is 2.44. The third-order valence-corrected chi connectivity index (χ3v) is 7.21. The Morgan fingerprint density at radius 3 is 2.47 bits per heavy atom. The monoisotopic (exact) mass is 475 g/mol. The quantitative estimate of drug-likeness (QED) is 0.562. The number of nitrogens with one attached hydrogen (secondary N) is 2. The second-order valence-corrected chi connectivity index (χ2v) is 10.4. The molecule has 1 aliphatic carbocycles. The van der Waals surface area contributed by atoms with E-state index in [0.29, 0.717) is 33.5 Å². The van der Waals surface area contributed by atoms with Crippen LogP contribution in [0.4, 0.5) is 5.00 Å². The molecule has 9 heteroatoms. The number of nitrogens with two attached hydrogens (primary N) is 1. The van der Waals surface area contributed by atoms with Crippen LogP contribution in [-0.4, -0.2) is 31.1 Å². The maximum Gasteiger partial charge on any atom is 0.257 e. The molecule has 1 aromatic heterocycles. The molecule has 0 unspecified atom stereocenters. The largest absolute Gasteiger partial charge is 0.493 e. The van der Waals surface area contributed by atoms with E-state index in [1.165, 1.54) is 25.6 Å². The Balaban J connectivity index is 1.77. The van der Waals surface area contributed by atoms with Crippen LogP contribution in [-0.2, 0) is 12.8 Å². The third-order valence-electron chi connectivity index (χ3n) is 5.84. The molecule has 172 valence electrons. The molecule has 1 atom stereocenters. The van der Waals surface area contributed by atoms with E-state index in [1.54, 1.807) is 18.2 Å². The van der Waals surface area contributed by atoms with Crippen molar-refractivity contribution < 1.29 is 19.1 Å². The maximum atomic E-state index is 12.7. The molecule has 1 aliphatic rings. The Labute approximate surface area is 197 Å². The van der Waals surface area contributed by atoms with Crippen molar-refractivity contribution in [3.8, 4) is 11.5 Å². The van der Waals surface area contributed by atoms with E-state index < -0.39 is 11.8 Å². The van der Waals surface area contributed by atoms with Gasteiger partial charge < -0.3 is 20.5 Å². The molecule has 0 aliphatic heterocycles. The SMILES string of the molecule is COc1ccc(C(=O)NC(=S)Nc2sc3c(c2C(N)=O)CC[C@@H](C(C)(C)C)C3)cc1OC. The van der Waals surface area contributed by atoms with E-state index in [0.717, 1.165) is 29.7 Å². The molecule has 0 fully saturated rings. The van der Waals surface area contributed by atoms with Gasteiger partial charge in [-0.25, -0.2) is 0 Å². The Hall–Kier alpha value is -2.65. The zero-order valence-corrected chi connectivity index (χ0v) is 20.6. The van der Waals surface area contributed by atoms with Crippen molar-refractivity contribution in [1.82, 2.24) is 5.32 Å². The molecule has 2 aromatic rings. The van der Waals surface area contributed by atoms with Crippen LogP contribution in [0.3, 0.4) is 0 Å². The van der Waals surface area contributed by atoms with E-state index in [-0.39, 0.29) is 10.5 Å². The summed E-state index contributed by atoms with van der Waals surface area (Å²) in [5.41, 5.74) is 7.72. The van der Waals surface area contributed by atoms with Crippen molar-refractivity contribution in [3.63, 3.8) is 0 Å². The smallest absolute Gasteiger partial charge is 0.257 e. The number of thiocarbonyl (C=S) groups is 1. The summed E-state index contributed by atoms with van der Waals surface area (Å²) in [5.74, 6) is 0.591. The summed E-state index contributed by atoms with van der Waals surface area (Å²) in [5, 5.41) is 6.34. The number of carbonyl (C=O) groups is 2. The van der Waals surface area contributed by atoms with Gasteiger partial charge in [0.15, 0.2) is 16.6 Å². The lowest BCUT2D eigenvalue weighted by molar-refractivity contribution is 0.0975. The van der Waals surface area contributed by atoms with Gasteiger partial charge in [0.2, 0.25) is 0 Å². The van der Waals surface area contributed by atoms with Gasteiger partial charge in [-0.3, -0.25) is 14.9 Å². The van der Waals surface area contributed by atoms with Crippen LogP contribution in [0.25, 0.3) is 0 Å². The van der Waals surface area contributed by atoms with Gasteiger partial charge in [0.05, 0.1) is 19.8 Å². The van der Waals surface area contributed by atoms with Crippen LogP contribution >= 0.6 is 23.6 Å². The summed E-state index contributed by atoms with van der Waals surface area (Å²) in [6.07, 6.45) is 2.71. The van der Waals surface area contributed by atoms with Crippen molar-refractivity contribution in [3.05, 3.63) is 39.8 Å². The Kier molecular flexibility index (Phi) is 7.09. The molecule has 0 radical (unpaired) electrons. The first-order valence-corrected chi connectivity index (χ1v) is 11.6. The number of anilines is 1. The van der Waals surface area contributed by atoms with Crippen LogP contribution in [0.15, 0.2) is 18.2 Å². The number of benzene rings is 1. The second kappa shape index (κ2) is 9.46. The molecule has 3 rings (SSSR count). The highest BCUT2D eigenvalue weighted by atomic mass is 32.1. The minimum Gasteiger partial charge on any atom is -0.493 e. The fourth-order valence-electron chi connectivity index (χ4n) is 3.96. The minimum atomic E-state index is -0.492. The molecular formula is C23H29N3O4S2. The molecule has 0 spiro atoms. The molecule has 2 amide bonds. The van der Waals surface area contributed by atoms with Gasteiger partial charge in [-0.05, 0) is 66.6 Å². The van der Waals surface area contributed by atoms with Gasteiger partial charge >= 0.3 is 0 Å². The number of carbonyl (C=O) groups excluding carboxylic acids is 2. The average molecular weight is 476 g/mol. The summed E-state index contributed by atoms with van der Waals surface area (Å²) in [6.45, 7) is 6.72. The van der Waals surface area contributed by atoms with E-state index in [2.05, 4.69) is 31.4 Å². The number of amides is 2. The fraction of sp³-hybridized carbons (Fsp3) is 0.435. The lowest BCUT2D eigenvalue weighted by atomic mass is 9.72. The average Bonchev–Trinajstić information content (AvgIpc) is 3.09. The van der Waals surface area contributed by atoms with Crippen molar-refractivity contribution in [1.29, 1.82) is 0 Å². The van der Waals surface area contributed by atoms with Crippen LogP contribution in [0.1, 0.15) is 58.3 Å². The summed E-state index contributed by atoms with van der Waals surface area (Å²) in [6, 6.07) is 4.83. The number of fused-ring (bicyclic) bond motifs is 1. The van der Waals surface area contributed by atoms with E-state index in [9.17, 15) is 9.59 Å². The summed E-state index contributed by atoms with van der Waals surface area (Å²) >= 11 is 6.83. The normalized spacial score (nSPS) is 15.5. The van der Waals surface area contributed by atoms with E-state index in [1.807, 2.05) is 0 Å². The number of hydrogen-bond donors (Lipinski definition) is 3. The molecule has 0 saturated carbocycles. The van der Waals surface area contributed by atoms with Crippen molar-refractivity contribution in [2.45, 2.75) is 40.0 Å². The summed E-state index contributed by atoms with van der Waals surface area (Å²) < 4.78 is 10.4. The van der Waals surface area contributed by atoms with Crippen LogP contribution in [0.5, 0.6) is 11.5 Å². The highest BCUT2D eigenvalue weighted by molar-refractivity contribution is 7.80. The van der Waals surface area contributed by atoms with E-state index >= 15 is 0 Å². The zero-order chi connectivity index (χ0) is 23.6. The van der Waals surface area contributed by atoms with Crippen molar-refractivity contribution >= 4 is 45.5 Å². The first-order chi connectivity index (χ1) is 15.0. The second-order valence-electron chi connectivity index (χ2n) is 8.86. The van der Waals surface area contributed by atoms with Crippen LogP contribution in [0, 0.1) is 11.3 Å². The number of hydrogen-bond acceptors (Lipinski definition) is 6. The number of primary amides is 1. The zero-order valence-electron chi connectivity index (χ0n) is 19.0. The molecule has 32 heavy (non-hydrogen) atoms. The molecule has 1 heterocycles. The van der Waals surface area contributed by atoms with Gasteiger partial charge in [-0.15, -0.1) is 11.3 Å². The molecule has 7 nitrogen and oxygen atoms in total. The standard InChI is InChI=1S/C23H29N3O4S2/c1-23(2,3)13-7-8-14-17(11-13)32-21(18(14)19(24)27)26-22(31)25-20(28)12-6-9-15(29-4)16(10-12)30-5/h6,9-10,13H,7-8,11H2,1-5H3,(H2,24,27)(H2,25,26,28,31)/t13-/m1/s1. The van der Waals surface area contributed by atoms with Gasteiger partial charge in [-0.1, -0.05) is 20.8 Å². The number of rotatable bonds is 5. The van der Waals surface area contributed by atoms with Crippen molar-refractivity contribution in [2.24, 2.45) is 17.1 Å². The number of methoxy groups -OCH3 is 2. The van der Waals surface area contributed by atoms with E-state index in [4.69, 9.17) is 27.4 Å². The number of ether oxygens (including phenoxy) is 2. The van der Waals surface area contributed by atoms with Gasteiger partial charge in [-0.2, -0.15) is 0 Å². The molecule has 0 bridgehead atoms. The molecule has 1 aromatic carbocycles. The lowest BCUT2D eigenvalue weighted by Crippen LogP contribution is -2.34. The summed E-state index contributed by atoms with van der Waals surface area (Å²) in [4.78, 5) is 26.0. The topological polar surface area (TPSA) is 103 Å². The third kappa shape index (κ3) is 5.05. The van der Waals surface area contributed by atoms with Crippen LogP contribution < -0.4 is 25.8 Å². The van der Waals surface area contributed by atoms with Gasteiger partial charge in [0, 0.05) is 10.4 Å². The predicted octanol–water partition coefficient (Wildman–Crippen LogP) is 4.14. The Morgan fingerprint density at radius 1 is 1.19 bits per heavy atom. The Morgan fingerprint density at radius 2 is 1.88 bits per heavy atom. The first-order valence-electron chi connectivity index (χ1n) is 10.3.